The first kappa shape index (κ1) is 20.3. The number of amides is 1. The molecule has 8 nitrogen and oxygen atoms in total. The largest absolute Gasteiger partial charge is 0.497 e. The van der Waals surface area contributed by atoms with E-state index >= 15 is 0 Å². The third-order valence-electron chi connectivity index (χ3n) is 4.82. The molecule has 0 unspecified atom stereocenters. The van der Waals surface area contributed by atoms with E-state index in [0.29, 0.717) is 28.3 Å². The molecule has 4 rings (SSSR count). The summed E-state index contributed by atoms with van der Waals surface area (Å²) in [5.41, 5.74) is 1.50. The van der Waals surface area contributed by atoms with Crippen molar-refractivity contribution in [2.24, 2.45) is 0 Å². The maximum absolute atomic E-state index is 13.2. The van der Waals surface area contributed by atoms with E-state index in [1.807, 2.05) is 0 Å². The minimum atomic E-state index is -0.475. The molecule has 0 bridgehead atoms. The molecule has 9 heteroatoms. The minimum Gasteiger partial charge on any atom is -0.497 e. The molecule has 0 saturated carbocycles. The van der Waals surface area contributed by atoms with Crippen molar-refractivity contribution in [3.8, 4) is 17.0 Å². The van der Waals surface area contributed by atoms with Gasteiger partial charge < -0.3 is 19.7 Å². The number of fused-ring (bicyclic) bond motifs is 1. The lowest BCUT2D eigenvalue weighted by Gasteiger charge is -2.08. The van der Waals surface area contributed by atoms with E-state index in [4.69, 9.17) is 4.74 Å². The van der Waals surface area contributed by atoms with Gasteiger partial charge in [0, 0.05) is 29.2 Å². The first-order chi connectivity index (χ1) is 15.0. The normalized spacial score (nSPS) is 10.9. The van der Waals surface area contributed by atoms with Crippen molar-refractivity contribution in [2.75, 3.05) is 12.4 Å². The molecule has 0 aliphatic rings. The molecule has 158 valence electrons. The van der Waals surface area contributed by atoms with Crippen LogP contribution in [0.25, 0.3) is 16.8 Å². The molecule has 0 saturated heterocycles. The summed E-state index contributed by atoms with van der Waals surface area (Å²) in [5.74, 6) is -0.127. The van der Waals surface area contributed by atoms with Gasteiger partial charge in [-0.2, -0.15) is 5.10 Å². The van der Waals surface area contributed by atoms with Crippen molar-refractivity contribution in [3.63, 3.8) is 0 Å². The van der Waals surface area contributed by atoms with E-state index in [0.717, 1.165) is 0 Å². The predicted molar refractivity (Wildman–Crippen MR) is 112 cm³/mol. The Balaban J connectivity index is 1.64. The van der Waals surface area contributed by atoms with Crippen LogP contribution in [0.3, 0.4) is 0 Å². The second kappa shape index (κ2) is 8.41. The van der Waals surface area contributed by atoms with Crippen LogP contribution in [0.4, 0.5) is 10.1 Å². The van der Waals surface area contributed by atoms with Crippen LogP contribution in [-0.2, 0) is 17.9 Å². The Morgan fingerprint density at radius 1 is 1.13 bits per heavy atom. The molecule has 0 fully saturated rings. The van der Waals surface area contributed by atoms with E-state index in [2.05, 4.69) is 10.4 Å². The number of ether oxygens (including phenoxy) is 1. The summed E-state index contributed by atoms with van der Waals surface area (Å²) in [6, 6.07) is 12.4. The number of rotatable bonds is 6. The van der Waals surface area contributed by atoms with Gasteiger partial charge in [-0.25, -0.2) is 8.91 Å². The number of methoxy groups -OCH3 is 1. The van der Waals surface area contributed by atoms with Crippen LogP contribution >= 0.6 is 0 Å². The topological polar surface area (TPSA) is 97.9 Å². The summed E-state index contributed by atoms with van der Waals surface area (Å²) in [5, 5.41) is 17.0. The zero-order chi connectivity index (χ0) is 22.0. The number of anilines is 1. The average molecular weight is 422 g/mol. The van der Waals surface area contributed by atoms with Gasteiger partial charge in [0.1, 0.15) is 23.6 Å². The van der Waals surface area contributed by atoms with E-state index in [1.54, 1.807) is 31.4 Å². The summed E-state index contributed by atoms with van der Waals surface area (Å²) in [4.78, 5) is 25.4. The Kier molecular flexibility index (Phi) is 5.50. The molecule has 1 amide bonds. The number of nitrogens with zero attached hydrogens (tertiary/aromatic N) is 3. The molecule has 0 radical (unpaired) electrons. The van der Waals surface area contributed by atoms with Crippen LogP contribution in [-0.4, -0.2) is 32.3 Å². The fourth-order valence-electron chi connectivity index (χ4n) is 3.29. The van der Waals surface area contributed by atoms with Crippen molar-refractivity contribution < 1.29 is 19.0 Å². The fraction of sp³-hybridized carbons (Fsp3) is 0.136. The summed E-state index contributed by atoms with van der Waals surface area (Å²) in [6.07, 6.45) is 2.98. The second-order valence-corrected chi connectivity index (χ2v) is 6.79. The zero-order valence-electron chi connectivity index (χ0n) is 16.6. The second-order valence-electron chi connectivity index (χ2n) is 6.79. The average Bonchev–Trinajstić information content (AvgIpc) is 3.16. The molecule has 0 spiro atoms. The van der Waals surface area contributed by atoms with Crippen LogP contribution in [0.15, 0.2) is 65.7 Å². The van der Waals surface area contributed by atoms with Gasteiger partial charge in [-0.1, -0.05) is 0 Å². The van der Waals surface area contributed by atoms with Gasteiger partial charge in [0.15, 0.2) is 0 Å². The Morgan fingerprint density at radius 2 is 1.84 bits per heavy atom. The third kappa shape index (κ3) is 4.03. The molecule has 2 aromatic heterocycles. The Hall–Kier alpha value is -3.98. The van der Waals surface area contributed by atoms with Crippen LogP contribution < -0.4 is 15.6 Å². The molecule has 2 aromatic carbocycles. The molecule has 2 heterocycles. The standard InChI is InChI=1S/C22H19FN4O4/c1-31-17-8-6-16(7-9-17)24-19(29)12-26-10-11-27-21(22(26)30)18(13-28)20(25-27)14-2-4-15(23)5-3-14/h2-11,28H,12-13H2,1H3,(H,24,29). The van der Waals surface area contributed by atoms with Crippen molar-refractivity contribution in [3.05, 3.63) is 82.7 Å². The number of carbonyl (C=O) groups excluding carboxylic acids is 1. The van der Waals surface area contributed by atoms with Crippen LogP contribution in [0.1, 0.15) is 5.56 Å². The summed E-state index contributed by atoms with van der Waals surface area (Å²) >= 11 is 0. The molecular formula is C22H19FN4O4. The highest BCUT2D eigenvalue weighted by molar-refractivity contribution is 5.90. The number of hydrogen-bond acceptors (Lipinski definition) is 5. The van der Waals surface area contributed by atoms with E-state index in [9.17, 15) is 19.1 Å². The molecule has 0 atom stereocenters. The van der Waals surface area contributed by atoms with Crippen LogP contribution in [0.2, 0.25) is 0 Å². The zero-order valence-corrected chi connectivity index (χ0v) is 16.6. The maximum Gasteiger partial charge on any atom is 0.277 e. The number of aliphatic hydroxyl groups is 1. The smallest absolute Gasteiger partial charge is 0.277 e. The molecule has 0 aliphatic carbocycles. The highest BCUT2D eigenvalue weighted by Gasteiger charge is 2.18. The number of benzene rings is 2. The van der Waals surface area contributed by atoms with E-state index in [-0.39, 0.29) is 18.0 Å². The monoisotopic (exact) mass is 422 g/mol. The minimum absolute atomic E-state index is 0.154. The maximum atomic E-state index is 13.2. The predicted octanol–water partition coefficient (Wildman–Crippen LogP) is 2.44. The number of hydrogen-bond donors (Lipinski definition) is 2. The van der Waals surface area contributed by atoms with Gasteiger partial charge in [-0.15, -0.1) is 0 Å². The number of halogens is 1. The Labute approximate surface area is 176 Å². The van der Waals surface area contributed by atoms with Crippen molar-refractivity contribution in [1.82, 2.24) is 14.2 Å². The molecule has 31 heavy (non-hydrogen) atoms. The van der Waals surface area contributed by atoms with Gasteiger partial charge in [0.05, 0.1) is 19.4 Å². The summed E-state index contributed by atoms with van der Waals surface area (Å²) in [7, 11) is 1.55. The van der Waals surface area contributed by atoms with Crippen LogP contribution in [0.5, 0.6) is 5.75 Å². The number of aromatic nitrogens is 3. The number of carbonyl (C=O) groups is 1. The fourth-order valence-corrected chi connectivity index (χ4v) is 3.29. The Bertz CT molecular complexity index is 1290. The van der Waals surface area contributed by atoms with Gasteiger partial charge in [-0.05, 0) is 48.5 Å². The highest BCUT2D eigenvalue weighted by Crippen LogP contribution is 2.25. The Morgan fingerprint density at radius 3 is 2.48 bits per heavy atom. The lowest BCUT2D eigenvalue weighted by Crippen LogP contribution is -2.28. The SMILES string of the molecule is COc1ccc(NC(=O)Cn2ccn3nc(-c4ccc(F)cc4)c(CO)c3c2=O)cc1. The summed E-state index contributed by atoms with van der Waals surface area (Å²) < 4.78 is 20.9. The first-order valence-electron chi connectivity index (χ1n) is 9.41. The van der Waals surface area contributed by atoms with E-state index < -0.39 is 18.0 Å². The highest BCUT2D eigenvalue weighted by atomic mass is 19.1. The van der Waals surface area contributed by atoms with Gasteiger partial charge in [-0.3, -0.25) is 9.59 Å². The number of aliphatic hydroxyl groups excluding tert-OH is 1. The lowest BCUT2D eigenvalue weighted by atomic mass is 10.1. The van der Waals surface area contributed by atoms with E-state index in [1.165, 1.54) is 45.7 Å². The molecular weight excluding hydrogens is 403 g/mol. The number of nitrogens with one attached hydrogen (secondary N) is 1. The molecule has 2 N–H and O–H groups in total. The van der Waals surface area contributed by atoms with Crippen LogP contribution in [0, 0.1) is 5.82 Å². The molecule has 4 aromatic rings. The van der Waals surface area contributed by atoms with Gasteiger partial charge >= 0.3 is 0 Å². The lowest BCUT2D eigenvalue weighted by molar-refractivity contribution is -0.116. The summed E-state index contributed by atoms with van der Waals surface area (Å²) in [6.45, 7) is -0.656. The van der Waals surface area contributed by atoms with Crippen molar-refractivity contribution in [1.29, 1.82) is 0 Å². The van der Waals surface area contributed by atoms with Gasteiger partial charge in [0.25, 0.3) is 5.56 Å². The van der Waals surface area contributed by atoms with Crippen molar-refractivity contribution >= 4 is 17.1 Å². The molecule has 0 aliphatic heterocycles. The van der Waals surface area contributed by atoms with Gasteiger partial charge in [0.2, 0.25) is 5.91 Å². The third-order valence-corrected chi connectivity index (χ3v) is 4.82. The van der Waals surface area contributed by atoms with Crippen molar-refractivity contribution in [2.45, 2.75) is 13.2 Å². The first-order valence-corrected chi connectivity index (χ1v) is 9.41. The quantitative estimate of drug-likeness (QED) is 0.497.